The molecule has 0 fully saturated rings. The van der Waals surface area contributed by atoms with E-state index in [2.05, 4.69) is 62.2 Å². The average Bonchev–Trinajstić information content (AvgIpc) is 2.36. The summed E-state index contributed by atoms with van der Waals surface area (Å²) < 4.78 is 0. The molecule has 0 radical (unpaired) electrons. The number of likely N-dealkylation sites (N-methyl/N-ethyl adjacent to an activating group) is 1. The summed E-state index contributed by atoms with van der Waals surface area (Å²) in [6.45, 7) is 12.1. The third kappa shape index (κ3) is 5.09. The first kappa shape index (κ1) is 15.0. The third-order valence-electron chi connectivity index (χ3n) is 3.38. The molecule has 0 saturated carbocycles. The molecule has 0 saturated heterocycles. The van der Waals surface area contributed by atoms with Gasteiger partial charge in [0.25, 0.3) is 0 Å². The third-order valence-corrected chi connectivity index (χ3v) is 3.38. The highest BCUT2D eigenvalue weighted by molar-refractivity contribution is 5.47. The summed E-state index contributed by atoms with van der Waals surface area (Å²) in [5, 5.41) is 3.59. The van der Waals surface area contributed by atoms with Gasteiger partial charge in [0.05, 0.1) is 0 Å². The molecule has 0 heterocycles. The average molecular weight is 248 g/mol. The number of nitrogens with one attached hydrogen (secondary N) is 1. The summed E-state index contributed by atoms with van der Waals surface area (Å²) in [4.78, 5) is 2.42. The number of benzene rings is 1. The Morgan fingerprint density at radius 1 is 1.17 bits per heavy atom. The van der Waals surface area contributed by atoms with Crippen LogP contribution in [0.1, 0.15) is 39.2 Å². The lowest BCUT2D eigenvalue weighted by Gasteiger charge is -2.24. The summed E-state index contributed by atoms with van der Waals surface area (Å²) in [5.41, 5.74) is 2.65. The van der Waals surface area contributed by atoms with Crippen LogP contribution in [0.5, 0.6) is 0 Å². The van der Waals surface area contributed by atoms with Crippen molar-refractivity contribution in [2.75, 3.05) is 24.5 Å². The smallest absolute Gasteiger partial charge is 0.0366 e. The van der Waals surface area contributed by atoms with E-state index < -0.39 is 0 Å². The van der Waals surface area contributed by atoms with Crippen molar-refractivity contribution in [1.82, 2.24) is 5.32 Å². The van der Waals surface area contributed by atoms with E-state index in [9.17, 15) is 0 Å². The van der Waals surface area contributed by atoms with E-state index in [1.54, 1.807) is 0 Å². The molecule has 1 rings (SSSR count). The minimum Gasteiger partial charge on any atom is -0.371 e. The topological polar surface area (TPSA) is 15.3 Å². The Labute approximate surface area is 112 Å². The van der Waals surface area contributed by atoms with Crippen LogP contribution in [0.4, 0.5) is 5.69 Å². The van der Waals surface area contributed by atoms with Crippen LogP contribution in [0.3, 0.4) is 0 Å². The molecule has 18 heavy (non-hydrogen) atoms. The first-order valence-corrected chi connectivity index (χ1v) is 7.22. The number of hydrogen-bond acceptors (Lipinski definition) is 2. The van der Waals surface area contributed by atoms with E-state index >= 15 is 0 Å². The highest BCUT2D eigenvalue weighted by Crippen LogP contribution is 2.14. The number of anilines is 1. The van der Waals surface area contributed by atoms with Gasteiger partial charge in [0, 0.05) is 31.4 Å². The molecule has 0 aliphatic rings. The van der Waals surface area contributed by atoms with Crippen LogP contribution in [0, 0.1) is 6.92 Å². The Morgan fingerprint density at radius 3 is 2.39 bits per heavy atom. The normalized spacial score (nSPS) is 12.4. The molecule has 1 aromatic carbocycles. The van der Waals surface area contributed by atoms with E-state index in [0.29, 0.717) is 6.04 Å². The Kier molecular flexibility index (Phi) is 6.81. The van der Waals surface area contributed by atoms with Crippen LogP contribution in [0.2, 0.25) is 0 Å². The van der Waals surface area contributed by atoms with Crippen molar-refractivity contribution < 1.29 is 0 Å². The van der Waals surface area contributed by atoms with Crippen molar-refractivity contribution in [1.29, 1.82) is 0 Å². The second-order valence-electron chi connectivity index (χ2n) is 5.06. The fourth-order valence-corrected chi connectivity index (χ4v) is 2.21. The number of hydrogen-bond donors (Lipinski definition) is 1. The lowest BCUT2D eigenvalue weighted by atomic mass is 10.2. The van der Waals surface area contributed by atoms with Gasteiger partial charge in [-0.1, -0.05) is 31.0 Å². The van der Waals surface area contributed by atoms with Gasteiger partial charge in [-0.05, 0) is 39.3 Å². The Balaban J connectivity index is 2.40. The zero-order valence-electron chi connectivity index (χ0n) is 12.4. The first-order valence-electron chi connectivity index (χ1n) is 7.22. The van der Waals surface area contributed by atoms with Gasteiger partial charge in [-0.2, -0.15) is 0 Å². The van der Waals surface area contributed by atoms with E-state index in [1.807, 2.05) is 0 Å². The van der Waals surface area contributed by atoms with E-state index in [1.165, 1.54) is 24.1 Å². The summed E-state index contributed by atoms with van der Waals surface area (Å²) in [5.74, 6) is 0. The summed E-state index contributed by atoms with van der Waals surface area (Å²) in [6.07, 6.45) is 2.51. The van der Waals surface area contributed by atoms with Crippen molar-refractivity contribution >= 4 is 5.69 Å². The lowest BCUT2D eigenvalue weighted by molar-refractivity contribution is 0.510. The molecule has 0 aliphatic carbocycles. The van der Waals surface area contributed by atoms with Crippen molar-refractivity contribution in [2.24, 2.45) is 0 Å². The van der Waals surface area contributed by atoms with Crippen LogP contribution in [-0.4, -0.2) is 25.7 Å². The zero-order chi connectivity index (χ0) is 13.4. The van der Waals surface area contributed by atoms with Crippen molar-refractivity contribution in [2.45, 2.75) is 46.6 Å². The SMILES string of the molecule is CCCC(C)NCCN(CC)c1ccc(C)cc1. The maximum Gasteiger partial charge on any atom is 0.0366 e. The molecule has 1 aromatic rings. The Morgan fingerprint density at radius 2 is 1.83 bits per heavy atom. The van der Waals surface area contributed by atoms with Gasteiger partial charge < -0.3 is 10.2 Å². The summed E-state index contributed by atoms with van der Waals surface area (Å²) in [7, 11) is 0. The standard InChI is InChI=1S/C16H28N2/c1-5-7-15(4)17-12-13-18(6-2)16-10-8-14(3)9-11-16/h8-11,15,17H,5-7,12-13H2,1-4H3. The largest absolute Gasteiger partial charge is 0.371 e. The lowest BCUT2D eigenvalue weighted by Crippen LogP contribution is -2.36. The monoisotopic (exact) mass is 248 g/mol. The molecule has 2 nitrogen and oxygen atoms in total. The second-order valence-corrected chi connectivity index (χ2v) is 5.06. The van der Waals surface area contributed by atoms with Gasteiger partial charge in [0.15, 0.2) is 0 Å². The van der Waals surface area contributed by atoms with E-state index in [0.717, 1.165) is 19.6 Å². The minimum absolute atomic E-state index is 0.631. The molecule has 2 heteroatoms. The van der Waals surface area contributed by atoms with Crippen LogP contribution in [0.15, 0.2) is 24.3 Å². The molecule has 0 aliphatic heterocycles. The van der Waals surface area contributed by atoms with Crippen LogP contribution in [-0.2, 0) is 0 Å². The van der Waals surface area contributed by atoms with Gasteiger partial charge in [0.2, 0.25) is 0 Å². The zero-order valence-corrected chi connectivity index (χ0v) is 12.4. The van der Waals surface area contributed by atoms with Crippen LogP contribution in [0.25, 0.3) is 0 Å². The minimum atomic E-state index is 0.631. The molecule has 0 amide bonds. The molecular weight excluding hydrogens is 220 g/mol. The molecule has 1 atom stereocenters. The quantitative estimate of drug-likeness (QED) is 0.756. The van der Waals surface area contributed by atoms with Crippen LogP contribution < -0.4 is 10.2 Å². The first-order chi connectivity index (χ1) is 8.67. The predicted molar refractivity (Wildman–Crippen MR) is 81.4 cm³/mol. The van der Waals surface area contributed by atoms with Crippen molar-refractivity contribution in [3.63, 3.8) is 0 Å². The van der Waals surface area contributed by atoms with Gasteiger partial charge in [-0.25, -0.2) is 0 Å². The summed E-state index contributed by atoms with van der Waals surface area (Å²) >= 11 is 0. The van der Waals surface area contributed by atoms with Crippen LogP contribution >= 0.6 is 0 Å². The van der Waals surface area contributed by atoms with Gasteiger partial charge >= 0.3 is 0 Å². The predicted octanol–water partition coefficient (Wildman–Crippen LogP) is 3.60. The maximum absolute atomic E-state index is 3.59. The van der Waals surface area contributed by atoms with Gasteiger partial charge in [-0.3, -0.25) is 0 Å². The van der Waals surface area contributed by atoms with Gasteiger partial charge in [0.1, 0.15) is 0 Å². The van der Waals surface area contributed by atoms with E-state index in [4.69, 9.17) is 0 Å². The van der Waals surface area contributed by atoms with Crippen molar-refractivity contribution in [3.8, 4) is 0 Å². The molecule has 1 N–H and O–H groups in total. The number of nitrogens with zero attached hydrogens (tertiary/aromatic N) is 1. The Hall–Kier alpha value is -1.02. The van der Waals surface area contributed by atoms with E-state index in [-0.39, 0.29) is 0 Å². The number of aryl methyl sites for hydroxylation is 1. The fourth-order valence-electron chi connectivity index (χ4n) is 2.21. The Bertz CT molecular complexity index is 318. The van der Waals surface area contributed by atoms with Gasteiger partial charge in [-0.15, -0.1) is 0 Å². The molecule has 1 unspecified atom stereocenters. The maximum atomic E-state index is 3.59. The number of rotatable bonds is 8. The highest BCUT2D eigenvalue weighted by Gasteiger charge is 2.04. The summed E-state index contributed by atoms with van der Waals surface area (Å²) in [6, 6.07) is 9.44. The second kappa shape index (κ2) is 8.15. The highest BCUT2D eigenvalue weighted by atomic mass is 15.1. The van der Waals surface area contributed by atoms with Crippen molar-refractivity contribution in [3.05, 3.63) is 29.8 Å². The molecular formula is C16H28N2. The fraction of sp³-hybridized carbons (Fsp3) is 0.625. The molecule has 0 bridgehead atoms. The molecule has 102 valence electrons. The molecule has 0 spiro atoms. The molecule has 0 aromatic heterocycles.